The fourth-order valence-corrected chi connectivity index (χ4v) is 3.50. The quantitative estimate of drug-likeness (QED) is 0.571. The molecule has 0 heterocycles. The number of carbonyl (C=O) groups excluding carboxylic acids is 1. The fourth-order valence-electron chi connectivity index (χ4n) is 3.50. The van der Waals surface area contributed by atoms with E-state index in [1.807, 2.05) is 6.92 Å². The summed E-state index contributed by atoms with van der Waals surface area (Å²) in [6.45, 7) is 4.13. The van der Waals surface area contributed by atoms with Gasteiger partial charge in [0.25, 0.3) is 0 Å². The molecule has 116 valence electrons. The van der Waals surface area contributed by atoms with Gasteiger partial charge in [-0.1, -0.05) is 52.4 Å². The zero-order valence-corrected chi connectivity index (χ0v) is 12.9. The van der Waals surface area contributed by atoms with Crippen molar-refractivity contribution in [3.8, 4) is 0 Å². The van der Waals surface area contributed by atoms with Gasteiger partial charge < -0.3 is 10.8 Å². The Morgan fingerprint density at radius 1 is 1.25 bits per heavy atom. The smallest absolute Gasteiger partial charge is 0.310 e. The summed E-state index contributed by atoms with van der Waals surface area (Å²) in [5.41, 5.74) is 4.68. The number of Topliss-reactive ketones (excluding diaryl/α,β-unsaturated/α-hetero) is 1. The summed E-state index contributed by atoms with van der Waals surface area (Å²) in [4.78, 5) is 23.8. The summed E-state index contributed by atoms with van der Waals surface area (Å²) in [5, 5.41) is 9.57. The largest absolute Gasteiger partial charge is 0.481 e. The molecule has 4 nitrogen and oxygen atoms in total. The van der Waals surface area contributed by atoms with Crippen molar-refractivity contribution in [3.63, 3.8) is 0 Å². The lowest BCUT2D eigenvalue weighted by Crippen LogP contribution is -2.36. The molecule has 0 spiro atoms. The lowest BCUT2D eigenvalue weighted by atomic mass is 9.79. The molecule has 0 radical (unpaired) electrons. The molecule has 3 atom stereocenters. The third-order valence-electron chi connectivity index (χ3n) is 4.85. The first-order valence-corrected chi connectivity index (χ1v) is 8.00. The first kappa shape index (κ1) is 17.2. The number of unbranched alkanes of at least 4 members (excludes halogenated alkanes) is 4. The second kappa shape index (κ2) is 7.77. The third kappa shape index (κ3) is 3.60. The van der Waals surface area contributed by atoms with E-state index in [9.17, 15) is 14.7 Å². The molecule has 4 heteroatoms. The van der Waals surface area contributed by atoms with E-state index < -0.39 is 11.4 Å². The number of carboxylic acids is 1. The van der Waals surface area contributed by atoms with Gasteiger partial charge in [-0.05, 0) is 18.8 Å². The van der Waals surface area contributed by atoms with Crippen molar-refractivity contribution in [3.05, 3.63) is 0 Å². The summed E-state index contributed by atoms with van der Waals surface area (Å²) >= 11 is 0. The minimum Gasteiger partial charge on any atom is -0.481 e. The molecule has 0 aromatic carbocycles. The molecule has 0 bridgehead atoms. The van der Waals surface area contributed by atoms with Gasteiger partial charge in [0.05, 0.1) is 12.0 Å². The minimum absolute atomic E-state index is 0.0366. The maximum absolute atomic E-state index is 12.1. The fraction of sp³-hybridized carbons (Fsp3) is 0.875. The standard InChI is InChI=1S/C16H29NO3/c1-3-5-6-7-8-9-13(14(18)11-17)16(15(19)20)10-12(16)4-2/h12-13H,3-11,17H2,1-2H3,(H,19,20). The van der Waals surface area contributed by atoms with Gasteiger partial charge >= 0.3 is 5.97 Å². The van der Waals surface area contributed by atoms with Gasteiger partial charge in [-0.15, -0.1) is 0 Å². The van der Waals surface area contributed by atoms with Crippen LogP contribution in [0.4, 0.5) is 0 Å². The second-order valence-corrected chi connectivity index (χ2v) is 6.08. The summed E-state index contributed by atoms with van der Waals surface area (Å²) in [5.74, 6) is -1.10. The van der Waals surface area contributed by atoms with Gasteiger partial charge in [0.1, 0.15) is 0 Å². The van der Waals surface area contributed by atoms with Crippen molar-refractivity contribution in [1.82, 2.24) is 0 Å². The summed E-state index contributed by atoms with van der Waals surface area (Å²) in [7, 11) is 0. The predicted molar refractivity (Wildman–Crippen MR) is 79.4 cm³/mol. The monoisotopic (exact) mass is 283 g/mol. The summed E-state index contributed by atoms with van der Waals surface area (Å²) in [6.07, 6.45) is 7.72. The highest BCUT2D eigenvalue weighted by Gasteiger charge is 2.64. The Hall–Kier alpha value is -0.900. The normalized spacial score (nSPS) is 26.2. The molecular weight excluding hydrogens is 254 g/mol. The van der Waals surface area contributed by atoms with Crippen LogP contribution < -0.4 is 5.73 Å². The van der Waals surface area contributed by atoms with E-state index in [0.717, 1.165) is 25.7 Å². The maximum Gasteiger partial charge on any atom is 0.310 e. The highest BCUT2D eigenvalue weighted by molar-refractivity contribution is 5.91. The molecule has 3 N–H and O–H groups in total. The number of hydrogen-bond acceptors (Lipinski definition) is 3. The van der Waals surface area contributed by atoms with E-state index in [2.05, 4.69) is 6.92 Å². The van der Waals surface area contributed by atoms with Crippen LogP contribution >= 0.6 is 0 Å². The molecule has 0 aromatic heterocycles. The zero-order valence-electron chi connectivity index (χ0n) is 12.9. The van der Waals surface area contributed by atoms with E-state index in [1.165, 1.54) is 12.8 Å². The Labute approximate surface area is 122 Å². The Morgan fingerprint density at radius 3 is 2.35 bits per heavy atom. The van der Waals surface area contributed by atoms with E-state index in [4.69, 9.17) is 5.73 Å². The van der Waals surface area contributed by atoms with Crippen molar-refractivity contribution >= 4 is 11.8 Å². The average Bonchev–Trinajstić information content (AvgIpc) is 3.17. The van der Waals surface area contributed by atoms with E-state index in [0.29, 0.717) is 12.8 Å². The van der Waals surface area contributed by atoms with E-state index in [1.54, 1.807) is 0 Å². The number of rotatable bonds is 11. The molecule has 1 aliphatic carbocycles. The van der Waals surface area contributed by atoms with Crippen molar-refractivity contribution in [1.29, 1.82) is 0 Å². The lowest BCUT2D eigenvalue weighted by molar-refractivity contribution is -0.149. The van der Waals surface area contributed by atoms with Crippen LogP contribution in [-0.2, 0) is 9.59 Å². The Bertz CT molecular complexity index is 343. The Kier molecular flexibility index (Phi) is 6.66. The van der Waals surface area contributed by atoms with Crippen LogP contribution in [0, 0.1) is 17.3 Å². The molecule has 1 fully saturated rings. The molecular formula is C16H29NO3. The third-order valence-corrected chi connectivity index (χ3v) is 4.85. The second-order valence-electron chi connectivity index (χ2n) is 6.08. The Morgan fingerprint density at radius 2 is 1.90 bits per heavy atom. The highest BCUT2D eigenvalue weighted by Crippen LogP contribution is 2.61. The van der Waals surface area contributed by atoms with Gasteiger partial charge in [-0.3, -0.25) is 9.59 Å². The minimum atomic E-state index is -0.810. The number of carbonyl (C=O) groups is 2. The van der Waals surface area contributed by atoms with Crippen LogP contribution in [-0.4, -0.2) is 23.4 Å². The van der Waals surface area contributed by atoms with E-state index in [-0.39, 0.29) is 24.2 Å². The van der Waals surface area contributed by atoms with Crippen LogP contribution in [0.5, 0.6) is 0 Å². The van der Waals surface area contributed by atoms with Crippen LogP contribution in [0.15, 0.2) is 0 Å². The Balaban J connectivity index is 2.65. The number of hydrogen-bond donors (Lipinski definition) is 2. The van der Waals surface area contributed by atoms with Crippen LogP contribution in [0.2, 0.25) is 0 Å². The van der Waals surface area contributed by atoms with Crippen molar-refractivity contribution in [2.45, 2.75) is 65.2 Å². The average molecular weight is 283 g/mol. The SMILES string of the molecule is CCCCCCCC(C(=O)CN)C1(C(=O)O)CC1CC. The van der Waals surface area contributed by atoms with E-state index >= 15 is 0 Å². The molecule has 0 aromatic rings. The maximum atomic E-state index is 12.1. The predicted octanol–water partition coefficient (Wildman–Crippen LogP) is 2.99. The van der Waals surface area contributed by atoms with Gasteiger partial charge in [-0.2, -0.15) is 0 Å². The summed E-state index contributed by atoms with van der Waals surface area (Å²) < 4.78 is 0. The number of carboxylic acid groups (broad SMARTS) is 1. The molecule has 1 saturated carbocycles. The number of ketones is 1. The molecule has 3 unspecified atom stereocenters. The first-order valence-electron chi connectivity index (χ1n) is 8.00. The number of nitrogens with two attached hydrogens (primary N) is 1. The molecule has 0 aliphatic heterocycles. The topological polar surface area (TPSA) is 80.4 Å². The van der Waals surface area contributed by atoms with Crippen molar-refractivity contribution in [2.75, 3.05) is 6.54 Å². The van der Waals surface area contributed by atoms with Gasteiger partial charge in [0.15, 0.2) is 5.78 Å². The molecule has 0 saturated heterocycles. The highest BCUT2D eigenvalue weighted by atomic mass is 16.4. The molecule has 0 amide bonds. The molecule has 1 rings (SSSR count). The van der Waals surface area contributed by atoms with Gasteiger partial charge in [0.2, 0.25) is 0 Å². The van der Waals surface area contributed by atoms with Gasteiger partial charge in [0, 0.05) is 5.92 Å². The lowest BCUT2D eigenvalue weighted by Gasteiger charge is -2.23. The molecule has 1 aliphatic rings. The van der Waals surface area contributed by atoms with Crippen LogP contribution in [0.25, 0.3) is 0 Å². The molecule has 20 heavy (non-hydrogen) atoms. The zero-order chi connectivity index (χ0) is 15.2. The van der Waals surface area contributed by atoms with Gasteiger partial charge in [-0.25, -0.2) is 0 Å². The summed E-state index contributed by atoms with van der Waals surface area (Å²) in [6, 6.07) is 0. The van der Waals surface area contributed by atoms with Crippen molar-refractivity contribution < 1.29 is 14.7 Å². The number of aliphatic carboxylic acids is 1. The van der Waals surface area contributed by atoms with Crippen LogP contribution in [0.3, 0.4) is 0 Å². The van der Waals surface area contributed by atoms with Crippen molar-refractivity contribution in [2.24, 2.45) is 23.0 Å². The van der Waals surface area contributed by atoms with Crippen LogP contribution in [0.1, 0.15) is 65.2 Å². The first-order chi connectivity index (χ1) is 9.54.